The van der Waals surface area contributed by atoms with Gasteiger partial charge in [0.05, 0.1) is 10.4 Å². The molecule has 1 fully saturated rings. The second kappa shape index (κ2) is 9.72. The summed E-state index contributed by atoms with van der Waals surface area (Å²) in [5, 5.41) is 3.03. The largest absolute Gasteiger partial charge is 0.348 e. The number of amides is 1. The molecular formula is C26H31N3O4S. The number of hydrogen-bond donors (Lipinski definition) is 1. The van der Waals surface area contributed by atoms with Crippen LogP contribution >= 0.6 is 0 Å². The van der Waals surface area contributed by atoms with Gasteiger partial charge in [-0.25, -0.2) is 8.42 Å². The first-order valence-corrected chi connectivity index (χ1v) is 13.1. The van der Waals surface area contributed by atoms with Crippen LogP contribution in [0.15, 0.2) is 64.4 Å². The Morgan fingerprint density at radius 1 is 1.06 bits per heavy atom. The molecule has 1 aromatic heterocycles. The van der Waals surface area contributed by atoms with Gasteiger partial charge in [0.1, 0.15) is 5.56 Å². The van der Waals surface area contributed by atoms with Crippen molar-refractivity contribution in [1.29, 1.82) is 0 Å². The lowest BCUT2D eigenvalue weighted by molar-refractivity contribution is 0.0949. The Morgan fingerprint density at radius 3 is 2.38 bits per heavy atom. The highest BCUT2D eigenvalue weighted by Crippen LogP contribution is 2.28. The van der Waals surface area contributed by atoms with Crippen molar-refractivity contribution >= 4 is 26.8 Å². The second-order valence-electron chi connectivity index (χ2n) is 9.27. The Morgan fingerprint density at radius 2 is 1.74 bits per heavy atom. The molecule has 0 unspecified atom stereocenters. The maximum absolute atomic E-state index is 13.4. The third kappa shape index (κ3) is 4.79. The fourth-order valence-electron chi connectivity index (χ4n) is 4.78. The Labute approximate surface area is 200 Å². The molecule has 0 spiro atoms. The third-order valence-corrected chi connectivity index (χ3v) is 8.23. The lowest BCUT2D eigenvalue weighted by Crippen LogP contribution is -2.42. The van der Waals surface area contributed by atoms with E-state index in [1.165, 1.54) is 10.4 Å². The molecule has 180 valence electrons. The van der Waals surface area contributed by atoms with Gasteiger partial charge >= 0.3 is 0 Å². The van der Waals surface area contributed by atoms with Gasteiger partial charge in [-0.3, -0.25) is 9.59 Å². The minimum Gasteiger partial charge on any atom is -0.348 e. The smallest absolute Gasteiger partial charge is 0.257 e. The van der Waals surface area contributed by atoms with Crippen LogP contribution in [0.1, 0.15) is 43.1 Å². The zero-order chi connectivity index (χ0) is 24.5. The molecule has 4 rings (SSSR count). The van der Waals surface area contributed by atoms with Crippen LogP contribution in [0.25, 0.3) is 10.9 Å². The van der Waals surface area contributed by atoms with E-state index in [-0.39, 0.29) is 27.7 Å². The first-order chi connectivity index (χ1) is 16.2. The number of carbonyl (C=O) groups is 1. The van der Waals surface area contributed by atoms with Crippen molar-refractivity contribution in [3.8, 4) is 0 Å². The van der Waals surface area contributed by atoms with E-state index in [4.69, 9.17) is 0 Å². The average molecular weight is 482 g/mol. The fraction of sp³-hybridized carbons (Fsp3) is 0.385. The molecule has 1 aliphatic rings. The molecule has 1 N–H and O–H groups in total. The molecule has 0 radical (unpaired) electrons. The summed E-state index contributed by atoms with van der Waals surface area (Å²) in [7, 11) is -3.75. The number of hydrogen-bond acceptors (Lipinski definition) is 4. The molecule has 3 aromatic rings. The van der Waals surface area contributed by atoms with E-state index in [9.17, 15) is 18.0 Å². The minimum absolute atomic E-state index is 0.0000426. The number of benzene rings is 2. The van der Waals surface area contributed by atoms with E-state index in [0.29, 0.717) is 31.7 Å². The molecule has 0 saturated carbocycles. The molecule has 0 aliphatic carbocycles. The van der Waals surface area contributed by atoms with E-state index in [1.807, 2.05) is 37.3 Å². The van der Waals surface area contributed by atoms with Gasteiger partial charge < -0.3 is 9.88 Å². The molecule has 2 heterocycles. The van der Waals surface area contributed by atoms with E-state index < -0.39 is 21.4 Å². The number of aromatic nitrogens is 1. The number of piperidine rings is 1. The van der Waals surface area contributed by atoms with E-state index >= 15 is 0 Å². The van der Waals surface area contributed by atoms with Crippen LogP contribution in [0.3, 0.4) is 0 Å². The molecular weight excluding hydrogens is 450 g/mol. The van der Waals surface area contributed by atoms with Gasteiger partial charge in [-0.05, 0) is 48.9 Å². The standard InChI is InChI=1S/C26H31N3O4S/c1-4-28-17-23(26(31)27-14-20-8-6-5-7-9-20)25(30)22-13-21(10-11-24(22)28)34(32,33)29-15-18(2)12-19(3)16-29/h5-11,13,17-19H,4,12,14-16H2,1-3H3,(H,27,31)/t18-,19-/m0/s1. The summed E-state index contributed by atoms with van der Waals surface area (Å²) in [6.07, 6.45) is 2.54. The Hall–Kier alpha value is -2.97. The third-order valence-electron chi connectivity index (χ3n) is 6.41. The Kier molecular flexibility index (Phi) is 6.91. The highest BCUT2D eigenvalue weighted by Gasteiger charge is 2.32. The van der Waals surface area contributed by atoms with Crippen molar-refractivity contribution in [3.63, 3.8) is 0 Å². The highest BCUT2D eigenvalue weighted by atomic mass is 32.2. The number of fused-ring (bicyclic) bond motifs is 1. The van der Waals surface area contributed by atoms with Crippen LogP contribution in [-0.2, 0) is 23.1 Å². The number of pyridine rings is 1. The van der Waals surface area contributed by atoms with E-state index in [0.717, 1.165) is 12.0 Å². The Bertz CT molecular complexity index is 1360. The van der Waals surface area contributed by atoms with Crippen molar-refractivity contribution in [2.24, 2.45) is 11.8 Å². The summed E-state index contributed by atoms with van der Waals surface area (Å²) in [6, 6.07) is 14.1. The minimum atomic E-state index is -3.75. The number of carbonyl (C=O) groups excluding carboxylic acids is 1. The average Bonchev–Trinajstić information content (AvgIpc) is 2.82. The molecule has 7 nitrogen and oxygen atoms in total. The molecule has 8 heteroatoms. The SMILES string of the molecule is CCn1cc(C(=O)NCc2ccccc2)c(=O)c2cc(S(=O)(=O)N3C[C@@H](C)C[C@H](C)C3)ccc21. The number of aryl methyl sites for hydroxylation is 1. The van der Waals surface area contributed by atoms with Crippen LogP contribution in [0, 0.1) is 11.8 Å². The first kappa shape index (κ1) is 24.2. The molecule has 1 amide bonds. The summed E-state index contributed by atoms with van der Waals surface area (Å²) in [4.78, 5) is 26.3. The lowest BCUT2D eigenvalue weighted by atomic mass is 9.94. The molecule has 1 saturated heterocycles. The van der Waals surface area contributed by atoms with Crippen molar-refractivity contribution in [3.05, 3.63) is 76.1 Å². The van der Waals surface area contributed by atoms with Crippen molar-refractivity contribution in [2.75, 3.05) is 13.1 Å². The number of sulfonamides is 1. The topological polar surface area (TPSA) is 88.5 Å². The maximum atomic E-state index is 13.4. The van der Waals surface area contributed by atoms with Gasteiger partial charge in [0, 0.05) is 37.8 Å². The van der Waals surface area contributed by atoms with Gasteiger partial charge in [0.2, 0.25) is 15.5 Å². The van der Waals surface area contributed by atoms with Crippen LogP contribution < -0.4 is 10.7 Å². The van der Waals surface area contributed by atoms with Gasteiger partial charge in [-0.1, -0.05) is 44.2 Å². The second-order valence-corrected chi connectivity index (χ2v) is 11.2. The van der Waals surface area contributed by atoms with Crippen molar-refractivity contribution in [1.82, 2.24) is 14.2 Å². The fourth-order valence-corrected chi connectivity index (χ4v) is 6.49. The van der Waals surface area contributed by atoms with E-state index in [1.54, 1.807) is 22.9 Å². The zero-order valence-corrected chi connectivity index (χ0v) is 20.6. The predicted octanol–water partition coefficient (Wildman–Crippen LogP) is 3.62. The van der Waals surface area contributed by atoms with Crippen molar-refractivity contribution in [2.45, 2.75) is 45.2 Å². The summed E-state index contributed by atoms with van der Waals surface area (Å²) in [5.41, 5.74) is 1.06. The first-order valence-electron chi connectivity index (χ1n) is 11.7. The van der Waals surface area contributed by atoms with Crippen LogP contribution in [0.4, 0.5) is 0 Å². The molecule has 2 aromatic carbocycles. The molecule has 2 atom stereocenters. The summed E-state index contributed by atoms with van der Waals surface area (Å²) in [6.45, 7) is 7.78. The number of nitrogens with one attached hydrogen (secondary N) is 1. The van der Waals surface area contributed by atoms with Gasteiger partial charge in [-0.15, -0.1) is 0 Å². The van der Waals surface area contributed by atoms with Crippen molar-refractivity contribution < 1.29 is 13.2 Å². The van der Waals surface area contributed by atoms with E-state index in [2.05, 4.69) is 19.2 Å². The Balaban J connectivity index is 1.72. The molecule has 1 aliphatic heterocycles. The predicted molar refractivity (Wildman–Crippen MR) is 133 cm³/mol. The normalized spacial score (nSPS) is 19.3. The molecule has 34 heavy (non-hydrogen) atoms. The monoisotopic (exact) mass is 481 g/mol. The zero-order valence-electron chi connectivity index (χ0n) is 19.8. The maximum Gasteiger partial charge on any atom is 0.257 e. The highest BCUT2D eigenvalue weighted by molar-refractivity contribution is 7.89. The summed E-state index contributed by atoms with van der Waals surface area (Å²) < 4.78 is 30.1. The number of nitrogens with zero attached hydrogens (tertiary/aromatic N) is 2. The molecule has 0 bridgehead atoms. The van der Waals surface area contributed by atoms with Crippen LogP contribution in [0.5, 0.6) is 0 Å². The van der Waals surface area contributed by atoms with Gasteiger partial charge in [-0.2, -0.15) is 4.31 Å². The van der Waals surface area contributed by atoms with Gasteiger partial charge in [0.15, 0.2) is 0 Å². The summed E-state index contributed by atoms with van der Waals surface area (Å²) in [5.74, 6) is 0.0670. The van der Waals surface area contributed by atoms with Crippen LogP contribution in [0.2, 0.25) is 0 Å². The summed E-state index contributed by atoms with van der Waals surface area (Å²) >= 11 is 0. The van der Waals surface area contributed by atoms with Gasteiger partial charge in [0.25, 0.3) is 5.91 Å². The van der Waals surface area contributed by atoms with Crippen LogP contribution in [-0.4, -0.2) is 36.3 Å². The number of rotatable bonds is 6. The quantitative estimate of drug-likeness (QED) is 0.583. The lowest BCUT2D eigenvalue weighted by Gasteiger charge is -2.34.